The fraction of sp³-hybridized carbons (Fsp3) is 0.583. The van der Waals surface area contributed by atoms with Crippen molar-refractivity contribution in [1.82, 2.24) is 14.7 Å². The minimum atomic E-state index is -0.623. The highest BCUT2D eigenvalue weighted by Gasteiger charge is 2.38. The van der Waals surface area contributed by atoms with E-state index in [1.54, 1.807) is 38.6 Å². The van der Waals surface area contributed by atoms with Crippen molar-refractivity contribution in [3.8, 4) is 0 Å². The van der Waals surface area contributed by atoms with Gasteiger partial charge in [-0.1, -0.05) is 0 Å². The van der Waals surface area contributed by atoms with Crippen LogP contribution in [0.15, 0.2) is 6.20 Å². The third kappa shape index (κ3) is 2.75. The largest absolute Gasteiger partial charge is 0.443 e. The minimum Gasteiger partial charge on any atom is -0.443 e. The van der Waals surface area contributed by atoms with Gasteiger partial charge in [0.15, 0.2) is 0 Å². The second-order valence-corrected chi connectivity index (χ2v) is 6.69. The van der Waals surface area contributed by atoms with Crippen molar-refractivity contribution in [3.05, 3.63) is 15.5 Å². The van der Waals surface area contributed by atoms with Crippen LogP contribution in [0.1, 0.15) is 38.2 Å². The van der Waals surface area contributed by atoms with Crippen molar-refractivity contribution in [2.24, 2.45) is 0 Å². The van der Waals surface area contributed by atoms with Crippen LogP contribution in [0.4, 0.5) is 4.79 Å². The number of hydrogen-bond donors (Lipinski definition) is 0. The molecular weight excluding hydrogens is 361 g/mol. The van der Waals surface area contributed by atoms with Gasteiger partial charge >= 0.3 is 6.09 Å². The van der Waals surface area contributed by atoms with Crippen molar-refractivity contribution in [2.75, 3.05) is 0 Å². The van der Waals surface area contributed by atoms with Crippen LogP contribution in [-0.4, -0.2) is 38.3 Å². The van der Waals surface area contributed by atoms with Crippen molar-refractivity contribution < 1.29 is 14.3 Å². The average Bonchev–Trinajstić information content (AvgIpc) is 2.57. The van der Waals surface area contributed by atoms with Crippen molar-refractivity contribution in [2.45, 2.75) is 45.9 Å². The first-order valence-corrected chi connectivity index (χ1v) is 7.06. The fourth-order valence-corrected chi connectivity index (χ4v) is 2.57. The predicted molar refractivity (Wildman–Crippen MR) is 76.8 cm³/mol. The minimum absolute atomic E-state index is 0.273. The summed E-state index contributed by atoms with van der Waals surface area (Å²) in [7, 11) is 0. The number of carbonyl (C=O) groups is 2. The molecule has 0 saturated heterocycles. The number of halogens is 1. The van der Waals surface area contributed by atoms with Crippen LogP contribution in [0.25, 0.3) is 0 Å². The molecule has 0 aromatic carbocycles. The number of carbonyl (C=O) groups excluding carboxylic acids is 2. The summed E-state index contributed by atoms with van der Waals surface area (Å²) in [5.74, 6) is -0.352. The van der Waals surface area contributed by atoms with E-state index < -0.39 is 11.7 Å². The Hall–Kier alpha value is -1.12. The number of nitrogens with zero attached hydrogens (tertiary/aromatic N) is 3. The Balaban J connectivity index is 2.30. The molecule has 1 aliphatic rings. The summed E-state index contributed by atoms with van der Waals surface area (Å²) in [6, 6.07) is -0.273. The van der Waals surface area contributed by atoms with Gasteiger partial charge in [0.25, 0.3) is 5.91 Å². The molecule has 0 saturated carbocycles. The predicted octanol–water partition coefficient (Wildman–Crippen LogP) is 2.27. The zero-order valence-electron chi connectivity index (χ0n) is 11.3. The van der Waals surface area contributed by atoms with E-state index in [0.717, 1.165) is 3.57 Å². The van der Waals surface area contributed by atoms with Crippen molar-refractivity contribution in [3.63, 3.8) is 0 Å². The summed E-state index contributed by atoms with van der Waals surface area (Å²) in [4.78, 5) is 25.7. The highest BCUT2D eigenvalue weighted by Crippen LogP contribution is 2.23. The second-order valence-electron chi connectivity index (χ2n) is 5.53. The van der Waals surface area contributed by atoms with Gasteiger partial charge in [-0.3, -0.25) is 9.48 Å². The number of hydrogen-bond acceptors (Lipinski definition) is 4. The summed E-state index contributed by atoms with van der Waals surface area (Å²) < 4.78 is 7.66. The van der Waals surface area contributed by atoms with Gasteiger partial charge < -0.3 is 4.74 Å². The first kappa shape index (κ1) is 14.3. The highest BCUT2D eigenvalue weighted by atomic mass is 127. The molecule has 0 radical (unpaired) electrons. The zero-order valence-corrected chi connectivity index (χ0v) is 13.5. The monoisotopic (exact) mass is 377 g/mol. The Morgan fingerprint density at radius 1 is 1.53 bits per heavy atom. The Morgan fingerprint density at radius 3 is 2.74 bits per heavy atom. The van der Waals surface area contributed by atoms with Crippen LogP contribution < -0.4 is 0 Å². The Labute approximate surface area is 125 Å². The molecule has 0 spiro atoms. The molecule has 19 heavy (non-hydrogen) atoms. The molecule has 0 fully saturated rings. The van der Waals surface area contributed by atoms with E-state index >= 15 is 0 Å². The SMILES string of the molecule is C[C@@H]1Cn2ncc(I)c2C(=O)N1C(=O)OC(C)(C)C. The third-order valence-electron chi connectivity index (χ3n) is 2.68. The van der Waals surface area contributed by atoms with Gasteiger partial charge in [-0.2, -0.15) is 5.10 Å². The van der Waals surface area contributed by atoms with Crippen molar-refractivity contribution in [1.29, 1.82) is 0 Å². The van der Waals surface area contributed by atoms with Crippen LogP contribution in [0.3, 0.4) is 0 Å². The molecule has 6 nitrogen and oxygen atoms in total. The molecule has 0 aliphatic carbocycles. The molecule has 0 N–H and O–H groups in total. The molecule has 2 amide bonds. The quantitative estimate of drug-likeness (QED) is 0.651. The first-order chi connectivity index (χ1) is 8.70. The lowest BCUT2D eigenvalue weighted by Crippen LogP contribution is -2.51. The van der Waals surface area contributed by atoms with Crippen LogP contribution >= 0.6 is 22.6 Å². The Bertz CT molecular complexity index is 533. The standard InChI is InChI=1S/C12H16IN3O3/c1-7-6-15-9(8(13)5-14-15)10(17)16(7)11(18)19-12(2,3)4/h5,7H,6H2,1-4H3/t7-/m1/s1. The third-order valence-corrected chi connectivity index (χ3v) is 3.47. The number of rotatable bonds is 0. The zero-order chi connectivity index (χ0) is 14.4. The maximum atomic E-state index is 12.4. The van der Waals surface area contributed by atoms with Gasteiger partial charge in [0.1, 0.15) is 11.3 Å². The molecule has 7 heteroatoms. The summed E-state index contributed by atoms with van der Waals surface area (Å²) >= 11 is 2.04. The number of amides is 2. The number of fused-ring (bicyclic) bond motifs is 1. The van der Waals surface area contributed by atoms with Crippen LogP contribution in [0.5, 0.6) is 0 Å². The maximum absolute atomic E-state index is 12.4. The molecule has 1 aliphatic heterocycles. The van der Waals surface area contributed by atoms with Crippen molar-refractivity contribution >= 4 is 34.6 Å². The van der Waals surface area contributed by atoms with E-state index in [4.69, 9.17) is 4.74 Å². The van der Waals surface area contributed by atoms with E-state index in [1.165, 1.54) is 4.90 Å². The lowest BCUT2D eigenvalue weighted by molar-refractivity contribution is 0.0129. The Kier molecular flexibility index (Phi) is 3.59. The highest BCUT2D eigenvalue weighted by molar-refractivity contribution is 14.1. The topological polar surface area (TPSA) is 64.4 Å². The molecule has 1 atom stereocenters. The fourth-order valence-electron chi connectivity index (χ4n) is 1.93. The van der Waals surface area contributed by atoms with Gasteiger partial charge in [0, 0.05) is 0 Å². The van der Waals surface area contributed by atoms with E-state index in [-0.39, 0.29) is 11.9 Å². The molecule has 1 aromatic heterocycles. The normalized spacial score (nSPS) is 19.3. The molecule has 0 bridgehead atoms. The van der Waals surface area contributed by atoms with E-state index in [2.05, 4.69) is 5.10 Å². The molecule has 0 unspecified atom stereocenters. The average molecular weight is 377 g/mol. The number of ether oxygens (including phenoxy) is 1. The summed E-state index contributed by atoms with van der Waals surface area (Å²) in [6.45, 7) is 7.62. The Morgan fingerprint density at radius 2 is 2.16 bits per heavy atom. The smallest absolute Gasteiger partial charge is 0.417 e. The van der Waals surface area contributed by atoms with Crippen LogP contribution in [-0.2, 0) is 11.3 Å². The summed E-state index contributed by atoms with van der Waals surface area (Å²) in [6.07, 6.45) is 1.02. The van der Waals surface area contributed by atoms with Gasteiger partial charge in [0.2, 0.25) is 0 Å². The number of imide groups is 1. The van der Waals surface area contributed by atoms with E-state index in [9.17, 15) is 9.59 Å². The lowest BCUT2D eigenvalue weighted by atomic mass is 10.2. The summed E-state index contributed by atoms with van der Waals surface area (Å²) in [5, 5.41) is 4.14. The van der Waals surface area contributed by atoms with Crippen LogP contribution in [0.2, 0.25) is 0 Å². The van der Waals surface area contributed by atoms with Crippen LogP contribution in [0, 0.1) is 3.57 Å². The molecule has 1 aromatic rings. The van der Waals surface area contributed by atoms with E-state index in [0.29, 0.717) is 12.2 Å². The van der Waals surface area contributed by atoms with Gasteiger partial charge in [-0.25, -0.2) is 9.69 Å². The van der Waals surface area contributed by atoms with Gasteiger partial charge in [-0.15, -0.1) is 0 Å². The van der Waals surface area contributed by atoms with Gasteiger partial charge in [0.05, 0.1) is 22.4 Å². The van der Waals surface area contributed by atoms with Gasteiger partial charge in [-0.05, 0) is 50.3 Å². The number of aromatic nitrogens is 2. The second kappa shape index (κ2) is 4.77. The lowest BCUT2D eigenvalue weighted by Gasteiger charge is -2.33. The molecular formula is C12H16IN3O3. The molecule has 2 rings (SSSR count). The molecule has 104 valence electrons. The first-order valence-electron chi connectivity index (χ1n) is 5.98. The molecule has 2 heterocycles. The summed E-state index contributed by atoms with van der Waals surface area (Å²) in [5.41, 5.74) is -0.174. The van der Waals surface area contributed by atoms with E-state index in [1.807, 2.05) is 22.6 Å². The maximum Gasteiger partial charge on any atom is 0.417 e.